The second-order valence-electron chi connectivity index (χ2n) is 5.33. The van der Waals surface area contributed by atoms with Gasteiger partial charge in [0.25, 0.3) is 5.84 Å². The fourth-order valence-electron chi connectivity index (χ4n) is 1.20. The molecule has 0 aliphatic heterocycles. The quantitative estimate of drug-likeness (QED) is 0.375. The first-order chi connectivity index (χ1) is 7.11. The zero-order valence-electron chi connectivity index (χ0n) is 11.2. The van der Waals surface area contributed by atoms with Crippen molar-refractivity contribution >= 4 is 11.9 Å². The maximum atomic E-state index is 11.5. The Morgan fingerprint density at radius 3 is 2.18 bits per heavy atom. The zero-order valence-corrected chi connectivity index (χ0v) is 12.0. The number of ether oxygens (including phenoxy) is 1. The van der Waals surface area contributed by atoms with Crippen LogP contribution in [0.2, 0.25) is 0 Å². The third-order valence-corrected chi connectivity index (χ3v) is 1.80. The highest BCUT2D eigenvalue weighted by Gasteiger charge is 2.23. The first kappa shape index (κ1) is 18.4. The third kappa shape index (κ3) is 9.93. The SMILES string of the molecule is CC(C)CC(NC(=O)OC(C)(C)C)C(N)=[NH2+].[Cl-]. The van der Waals surface area contributed by atoms with Gasteiger partial charge in [0.05, 0.1) is 0 Å². The lowest BCUT2D eigenvalue weighted by molar-refractivity contribution is -0.120. The average Bonchev–Trinajstić information content (AvgIpc) is 1.97. The standard InChI is InChI=1S/C11H23N3O2.ClH/c1-7(2)6-8(9(12)13)14-10(15)16-11(3,4)5;/h7-8H,6H2,1-5H3,(H3,12,13)(H,14,15);1H. The van der Waals surface area contributed by atoms with E-state index in [1.54, 1.807) is 20.8 Å². The summed E-state index contributed by atoms with van der Waals surface area (Å²) in [6.45, 7) is 9.48. The van der Waals surface area contributed by atoms with Gasteiger partial charge in [0, 0.05) is 0 Å². The Bertz CT molecular complexity index is 262. The molecule has 17 heavy (non-hydrogen) atoms. The first-order valence-corrected chi connectivity index (χ1v) is 5.49. The van der Waals surface area contributed by atoms with Crippen LogP contribution in [0.15, 0.2) is 0 Å². The molecule has 0 rings (SSSR count). The summed E-state index contributed by atoms with van der Waals surface area (Å²) < 4.78 is 5.13. The Hall–Kier alpha value is -0.970. The van der Waals surface area contributed by atoms with Crippen molar-refractivity contribution < 1.29 is 27.3 Å². The lowest BCUT2D eigenvalue weighted by atomic mass is 10.0. The molecule has 1 amide bonds. The zero-order chi connectivity index (χ0) is 12.9. The normalized spacial score (nSPS) is 12.6. The van der Waals surface area contributed by atoms with Crippen LogP contribution in [-0.2, 0) is 4.74 Å². The van der Waals surface area contributed by atoms with Gasteiger partial charge in [-0.15, -0.1) is 0 Å². The summed E-state index contributed by atoms with van der Waals surface area (Å²) in [6, 6.07) is -0.338. The van der Waals surface area contributed by atoms with Crippen molar-refractivity contribution in [3.8, 4) is 0 Å². The van der Waals surface area contributed by atoms with Crippen molar-refractivity contribution in [3.05, 3.63) is 0 Å². The van der Waals surface area contributed by atoms with Gasteiger partial charge >= 0.3 is 6.09 Å². The largest absolute Gasteiger partial charge is 1.00 e. The van der Waals surface area contributed by atoms with E-state index in [1.807, 2.05) is 13.8 Å². The molecule has 1 atom stereocenters. The number of carbonyl (C=O) groups excluding carboxylic acids is 1. The van der Waals surface area contributed by atoms with Crippen LogP contribution in [0.25, 0.3) is 0 Å². The average molecular weight is 266 g/mol. The van der Waals surface area contributed by atoms with Crippen molar-refractivity contribution in [2.75, 3.05) is 0 Å². The summed E-state index contributed by atoms with van der Waals surface area (Å²) >= 11 is 0. The van der Waals surface area contributed by atoms with Crippen molar-refractivity contribution in [3.63, 3.8) is 0 Å². The monoisotopic (exact) mass is 265 g/mol. The van der Waals surface area contributed by atoms with Gasteiger partial charge in [-0.25, -0.2) is 4.79 Å². The van der Waals surface area contributed by atoms with Crippen molar-refractivity contribution in [2.45, 2.75) is 52.7 Å². The van der Waals surface area contributed by atoms with E-state index >= 15 is 0 Å². The second kappa shape index (κ2) is 7.37. The van der Waals surface area contributed by atoms with Crippen LogP contribution in [0.5, 0.6) is 0 Å². The minimum atomic E-state index is -0.518. The number of carbonyl (C=O) groups is 1. The van der Waals surface area contributed by atoms with Crippen molar-refractivity contribution in [2.24, 2.45) is 11.7 Å². The highest BCUT2D eigenvalue weighted by molar-refractivity contribution is 5.84. The summed E-state index contributed by atoms with van der Waals surface area (Å²) in [5.74, 6) is 0.599. The number of halogens is 1. The molecule has 0 aromatic carbocycles. The van der Waals surface area contributed by atoms with E-state index in [-0.39, 0.29) is 24.3 Å². The number of amides is 1. The lowest BCUT2D eigenvalue weighted by Crippen LogP contribution is -3.00. The van der Waals surface area contributed by atoms with E-state index in [1.165, 1.54) is 0 Å². The summed E-state index contributed by atoms with van der Waals surface area (Å²) in [5.41, 5.74) is 5.00. The number of alkyl carbamates (subject to hydrolysis) is 1. The summed E-state index contributed by atoms with van der Waals surface area (Å²) in [4.78, 5) is 11.5. The molecule has 0 aliphatic rings. The Labute approximate surface area is 109 Å². The molecule has 0 aliphatic carbocycles. The Balaban J connectivity index is 0. The van der Waals surface area contributed by atoms with E-state index in [0.29, 0.717) is 12.3 Å². The van der Waals surface area contributed by atoms with Gasteiger partial charge in [0.15, 0.2) is 0 Å². The molecule has 0 aromatic rings. The van der Waals surface area contributed by atoms with Gasteiger partial charge in [-0.2, -0.15) is 0 Å². The minimum absolute atomic E-state index is 0. The molecule has 0 spiro atoms. The van der Waals surface area contributed by atoms with Crippen LogP contribution in [0.1, 0.15) is 41.0 Å². The Morgan fingerprint density at radius 2 is 1.88 bits per heavy atom. The van der Waals surface area contributed by atoms with Crippen molar-refractivity contribution in [1.29, 1.82) is 0 Å². The molecule has 5 N–H and O–H groups in total. The van der Waals surface area contributed by atoms with E-state index < -0.39 is 11.7 Å². The molecular weight excluding hydrogens is 242 g/mol. The van der Waals surface area contributed by atoms with Gasteiger partial charge in [-0.3, -0.25) is 11.1 Å². The number of hydrogen-bond donors (Lipinski definition) is 3. The highest BCUT2D eigenvalue weighted by Crippen LogP contribution is 2.08. The van der Waals surface area contributed by atoms with Gasteiger partial charge in [-0.1, -0.05) is 13.8 Å². The topological polar surface area (TPSA) is 89.9 Å². The fourth-order valence-corrected chi connectivity index (χ4v) is 1.20. The third-order valence-electron chi connectivity index (χ3n) is 1.80. The number of rotatable bonds is 4. The molecule has 0 heterocycles. The van der Waals surface area contributed by atoms with E-state index in [4.69, 9.17) is 15.9 Å². The Morgan fingerprint density at radius 1 is 1.41 bits per heavy atom. The van der Waals surface area contributed by atoms with Crippen LogP contribution >= 0.6 is 0 Å². The highest BCUT2D eigenvalue weighted by atomic mass is 35.5. The lowest BCUT2D eigenvalue weighted by Gasteiger charge is -2.22. The molecule has 0 aromatic heterocycles. The minimum Gasteiger partial charge on any atom is -1.00 e. The van der Waals surface area contributed by atoms with E-state index in [9.17, 15) is 4.79 Å². The number of hydrogen-bond acceptors (Lipinski definition) is 2. The van der Waals surface area contributed by atoms with Gasteiger partial charge in [0.2, 0.25) is 0 Å². The predicted octanol–water partition coefficient (Wildman–Crippen LogP) is -2.95. The van der Waals surface area contributed by atoms with Gasteiger partial charge in [-0.05, 0) is 33.1 Å². The molecule has 0 saturated carbocycles. The molecule has 0 bridgehead atoms. The number of nitrogens with one attached hydrogen (secondary N) is 1. The summed E-state index contributed by atoms with van der Waals surface area (Å²) in [7, 11) is 0. The molecule has 5 nitrogen and oxygen atoms in total. The van der Waals surface area contributed by atoms with Crippen molar-refractivity contribution in [1.82, 2.24) is 5.32 Å². The predicted molar refractivity (Wildman–Crippen MR) is 63.7 cm³/mol. The molecule has 1 unspecified atom stereocenters. The maximum Gasteiger partial charge on any atom is 0.408 e. The maximum absolute atomic E-state index is 11.5. The van der Waals surface area contributed by atoms with Crippen LogP contribution in [-0.4, -0.2) is 23.6 Å². The van der Waals surface area contributed by atoms with Crippen LogP contribution < -0.4 is 28.9 Å². The summed E-state index contributed by atoms with van der Waals surface area (Å²) in [5, 5.41) is 8.18. The molecule has 6 heteroatoms. The molecule has 0 saturated heterocycles. The Kier molecular flexibility index (Phi) is 7.98. The first-order valence-electron chi connectivity index (χ1n) is 5.49. The fraction of sp³-hybridized carbons (Fsp3) is 0.818. The molecular formula is C11H24ClN3O2. The molecule has 102 valence electrons. The van der Waals surface area contributed by atoms with Gasteiger partial charge < -0.3 is 22.5 Å². The van der Waals surface area contributed by atoms with Crippen LogP contribution in [0, 0.1) is 5.92 Å². The van der Waals surface area contributed by atoms with Crippen LogP contribution in [0.4, 0.5) is 4.79 Å². The van der Waals surface area contributed by atoms with Crippen LogP contribution in [0.3, 0.4) is 0 Å². The molecule has 0 radical (unpaired) electrons. The molecule has 0 fully saturated rings. The van der Waals surface area contributed by atoms with Gasteiger partial charge in [0.1, 0.15) is 11.6 Å². The van der Waals surface area contributed by atoms with E-state index in [2.05, 4.69) is 5.32 Å². The van der Waals surface area contributed by atoms with E-state index in [0.717, 1.165) is 0 Å². The summed E-state index contributed by atoms with van der Waals surface area (Å²) in [6.07, 6.45) is 0.202. The number of amidine groups is 1. The smallest absolute Gasteiger partial charge is 0.408 e. The second-order valence-corrected chi connectivity index (χ2v) is 5.33. The number of nitrogens with two attached hydrogens (primary N) is 2.